The first-order chi connectivity index (χ1) is 19.5. The third kappa shape index (κ3) is 6.65. The maximum Gasteiger partial charge on any atom is 0.261 e. The number of fused-ring (bicyclic) bond motifs is 3. The lowest BCUT2D eigenvalue weighted by atomic mass is 9.85. The molecular weight excluding hydrogens is 545 g/mol. The molecule has 2 bridgehead atoms. The minimum absolute atomic E-state index is 0.0795. The Morgan fingerprint density at radius 2 is 1.61 bits per heavy atom. The van der Waals surface area contributed by atoms with Gasteiger partial charge in [0, 0.05) is 24.7 Å². The number of ether oxygens (including phenoxy) is 1. The Morgan fingerprint density at radius 3 is 2.07 bits per heavy atom. The van der Waals surface area contributed by atoms with Gasteiger partial charge in [0.15, 0.2) is 8.45 Å². The van der Waals surface area contributed by atoms with Crippen molar-refractivity contribution in [2.24, 2.45) is 0 Å². The summed E-state index contributed by atoms with van der Waals surface area (Å²) in [5.74, 6) is 0. The number of nitrogens with zero attached hydrogens (tertiary/aromatic N) is 3. The summed E-state index contributed by atoms with van der Waals surface area (Å²) < 4.78 is 26.1. The van der Waals surface area contributed by atoms with Crippen LogP contribution in [0.4, 0.5) is 0 Å². The van der Waals surface area contributed by atoms with Crippen LogP contribution in [0.5, 0.6) is 0 Å². The van der Waals surface area contributed by atoms with Crippen molar-refractivity contribution >= 4 is 27.1 Å². The second kappa shape index (κ2) is 13.3. The standard InChI is InChI=1S/C33H50N3O3PSi/c1-26(2)36(27(3)4)40(37-23-22-34-9)35-24-33(21-20-31(35)28(5)39-33)25-38-41(32(6,7)8,29-16-12-10-13-17-29)30-18-14-11-15-19-30/h10-19,26-28,31H,20-25H2,1-8H3. The van der Waals surface area contributed by atoms with E-state index in [1.807, 2.05) is 0 Å². The fourth-order valence-corrected chi connectivity index (χ4v) is 14.0. The Labute approximate surface area is 251 Å². The number of morpholine rings is 1. The van der Waals surface area contributed by atoms with Crippen LogP contribution in [-0.2, 0) is 13.7 Å². The molecule has 2 aromatic rings. The highest BCUT2D eigenvalue weighted by Crippen LogP contribution is 2.56. The van der Waals surface area contributed by atoms with Gasteiger partial charge in [0.1, 0.15) is 12.2 Å². The van der Waals surface area contributed by atoms with Crippen LogP contribution in [0.15, 0.2) is 60.7 Å². The van der Waals surface area contributed by atoms with Crippen molar-refractivity contribution in [3.63, 3.8) is 0 Å². The smallest absolute Gasteiger partial charge is 0.261 e. The largest absolute Gasteiger partial charge is 0.404 e. The van der Waals surface area contributed by atoms with E-state index in [0.29, 0.717) is 37.9 Å². The molecule has 4 atom stereocenters. The Bertz CT molecular complexity index is 1110. The SMILES string of the molecule is [C-]#[N+]CCOP(N1CC2(CO[Si](c3ccccc3)(c3ccccc3)C(C)(C)C)CCC1C(C)O2)N(C(C)C)C(C)C. The number of hydrogen-bond acceptors (Lipinski definition) is 5. The highest BCUT2D eigenvalue weighted by atomic mass is 31.2. The molecular formula is C33H50N3O3PSi. The van der Waals surface area contributed by atoms with Crippen LogP contribution >= 0.6 is 8.45 Å². The van der Waals surface area contributed by atoms with E-state index >= 15 is 0 Å². The summed E-state index contributed by atoms with van der Waals surface area (Å²) in [5.41, 5.74) is -0.412. The summed E-state index contributed by atoms with van der Waals surface area (Å²) in [6.45, 7) is 27.7. The summed E-state index contributed by atoms with van der Waals surface area (Å²) in [6, 6.07) is 22.7. The predicted molar refractivity (Wildman–Crippen MR) is 173 cm³/mol. The molecule has 3 aliphatic rings. The molecule has 41 heavy (non-hydrogen) atoms. The third-order valence-corrected chi connectivity index (χ3v) is 16.2. The number of piperidine rings is 1. The fraction of sp³-hybridized carbons (Fsp3) is 0.606. The van der Waals surface area contributed by atoms with Gasteiger partial charge >= 0.3 is 0 Å². The molecule has 3 fully saturated rings. The quantitative estimate of drug-likeness (QED) is 0.122. The first-order valence-electron chi connectivity index (χ1n) is 15.2. The summed E-state index contributed by atoms with van der Waals surface area (Å²) >= 11 is 0. The van der Waals surface area contributed by atoms with E-state index < -0.39 is 22.4 Å². The van der Waals surface area contributed by atoms with Crippen LogP contribution in [0.3, 0.4) is 0 Å². The minimum Gasteiger partial charge on any atom is -0.404 e. The Hall–Kier alpha value is -1.62. The van der Waals surface area contributed by atoms with Gasteiger partial charge in [-0.05, 0) is 62.9 Å². The van der Waals surface area contributed by atoms with E-state index in [0.717, 1.165) is 19.4 Å². The average molecular weight is 596 g/mol. The van der Waals surface area contributed by atoms with Crippen molar-refractivity contribution < 1.29 is 13.7 Å². The summed E-state index contributed by atoms with van der Waals surface area (Å²) in [5, 5.41) is 2.49. The van der Waals surface area contributed by atoms with Crippen LogP contribution in [0.2, 0.25) is 5.04 Å². The normalized spacial score (nSPS) is 24.2. The highest BCUT2D eigenvalue weighted by Gasteiger charge is 2.56. The lowest BCUT2D eigenvalue weighted by molar-refractivity contribution is -0.207. The Kier molecular flexibility index (Phi) is 10.5. The van der Waals surface area contributed by atoms with Gasteiger partial charge in [-0.3, -0.25) is 0 Å². The Morgan fingerprint density at radius 1 is 1.05 bits per heavy atom. The molecule has 0 radical (unpaired) electrons. The van der Waals surface area contributed by atoms with Crippen molar-refractivity contribution in [2.75, 3.05) is 26.3 Å². The van der Waals surface area contributed by atoms with Crippen molar-refractivity contribution in [3.05, 3.63) is 72.1 Å². The second-order valence-electron chi connectivity index (χ2n) is 13.2. The van der Waals surface area contributed by atoms with Gasteiger partial charge in [0.25, 0.3) is 8.32 Å². The average Bonchev–Trinajstić information content (AvgIpc) is 2.93. The fourth-order valence-electron chi connectivity index (χ4n) is 6.87. The van der Waals surface area contributed by atoms with E-state index in [4.69, 9.17) is 20.3 Å². The number of hydrogen-bond donors (Lipinski definition) is 0. The monoisotopic (exact) mass is 595 g/mol. The molecule has 5 rings (SSSR count). The zero-order chi connectivity index (χ0) is 29.8. The number of rotatable bonds is 12. The van der Waals surface area contributed by atoms with Gasteiger partial charge in [-0.2, -0.15) is 0 Å². The maximum atomic E-state index is 7.46. The molecule has 8 heteroatoms. The molecule has 3 saturated heterocycles. The van der Waals surface area contributed by atoms with Gasteiger partial charge in [0.05, 0.1) is 12.7 Å². The van der Waals surface area contributed by atoms with Crippen molar-refractivity contribution in [2.45, 2.75) is 103 Å². The summed E-state index contributed by atoms with van der Waals surface area (Å²) in [7, 11) is -3.76. The minimum atomic E-state index is -2.70. The van der Waals surface area contributed by atoms with Crippen molar-refractivity contribution in [3.8, 4) is 0 Å². The predicted octanol–water partition coefficient (Wildman–Crippen LogP) is 6.47. The summed E-state index contributed by atoms with van der Waals surface area (Å²) in [6.07, 6.45) is 2.11. The van der Waals surface area contributed by atoms with Crippen molar-refractivity contribution in [1.82, 2.24) is 9.34 Å². The number of benzene rings is 2. The topological polar surface area (TPSA) is 38.5 Å². The molecule has 0 aromatic heterocycles. The van der Waals surface area contributed by atoms with E-state index in [2.05, 4.69) is 130 Å². The van der Waals surface area contributed by atoms with E-state index in [9.17, 15) is 0 Å². The highest BCUT2D eigenvalue weighted by molar-refractivity contribution is 7.47. The van der Waals surface area contributed by atoms with E-state index in [1.165, 1.54) is 10.4 Å². The second-order valence-corrected chi connectivity index (χ2v) is 19.2. The molecule has 0 saturated carbocycles. The van der Waals surface area contributed by atoms with Gasteiger partial charge in [-0.15, -0.1) is 0 Å². The maximum absolute atomic E-state index is 7.46. The van der Waals surface area contributed by atoms with Gasteiger partial charge in [-0.25, -0.2) is 15.9 Å². The van der Waals surface area contributed by atoms with Crippen LogP contribution in [0.25, 0.3) is 4.85 Å². The first-order valence-corrected chi connectivity index (χ1v) is 18.3. The van der Waals surface area contributed by atoms with Gasteiger partial charge in [0.2, 0.25) is 6.54 Å². The molecule has 0 aliphatic carbocycles. The van der Waals surface area contributed by atoms with Gasteiger partial charge in [-0.1, -0.05) is 81.4 Å². The van der Waals surface area contributed by atoms with Gasteiger partial charge < -0.3 is 18.5 Å². The molecule has 0 spiro atoms. The molecule has 4 unspecified atom stereocenters. The summed E-state index contributed by atoms with van der Waals surface area (Å²) in [4.78, 5) is 3.57. The molecule has 3 heterocycles. The molecule has 0 amide bonds. The molecule has 2 aromatic carbocycles. The molecule has 6 nitrogen and oxygen atoms in total. The van der Waals surface area contributed by atoms with Crippen molar-refractivity contribution in [1.29, 1.82) is 0 Å². The van der Waals surface area contributed by atoms with Crippen LogP contribution in [0, 0.1) is 6.57 Å². The van der Waals surface area contributed by atoms with Crippen LogP contribution < -0.4 is 10.4 Å². The lowest BCUT2D eigenvalue weighted by Crippen LogP contribution is -2.70. The zero-order valence-electron chi connectivity index (χ0n) is 26.3. The third-order valence-electron chi connectivity index (χ3n) is 8.56. The van der Waals surface area contributed by atoms with Crippen LogP contribution in [0.1, 0.15) is 68.2 Å². The van der Waals surface area contributed by atoms with Crippen LogP contribution in [-0.4, -0.2) is 73.8 Å². The molecule has 224 valence electrons. The molecule has 3 aliphatic heterocycles. The Balaban J connectivity index is 1.71. The molecule has 0 N–H and O–H groups in total. The van der Waals surface area contributed by atoms with E-state index in [-0.39, 0.29) is 11.1 Å². The lowest BCUT2D eigenvalue weighted by Gasteiger charge is -2.59. The zero-order valence-corrected chi connectivity index (χ0v) is 28.2. The first kappa shape index (κ1) is 32.3. The van der Waals surface area contributed by atoms with E-state index in [1.54, 1.807) is 0 Å².